The van der Waals surface area contributed by atoms with Crippen LogP contribution in [-0.2, 0) is 0 Å². The number of aromatic nitrogens is 1. The first-order valence-electron chi connectivity index (χ1n) is 4.03. The Balaban J connectivity index is 2.50. The van der Waals surface area contributed by atoms with Crippen molar-refractivity contribution >= 4 is 23.2 Å². The van der Waals surface area contributed by atoms with Gasteiger partial charge in [-0.2, -0.15) is 5.26 Å². The van der Waals surface area contributed by atoms with Gasteiger partial charge in [0, 0.05) is 16.7 Å². The minimum absolute atomic E-state index is 0.219. The number of nitrogens with zero attached hydrogens (tertiary/aromatic N) is 2. The second kappa shape index (κ2) is 3.93. The number of nitriles is 1. The second-order valence-corrected chi connectivity index (χ2v) is 3.66. The topological polar surface area (TPSA) is 49.8 Å². The van der Waals surface area contributed by atoms with Crippen molar-refractivity contribution in [1.82, 2.24) is 5.16 Å². The van der Waals surface area contributed by atoms with Gasteiger partial charge in [-0.3, -0.25) is 0 Å². The lowest BCUT2D eigenvalue weighted by Crippen LogP contribution is -1.76. The molecule has 0 radical (unpaired) electrons. The number of halogens is 2. The number of benzene rings is 1. The summed E-state index contributed by atoms with van der Waals surface area (Å²) in [4.78, 5) is 0. The molecule has 0 amide bonds. The molecule has 1 heterocycles. The molecule has 0 saturated heterocycles. The van der Waals surface area contributed by atoms with Crippen LogP contribution in [0.4, 0.5) is 0 Å². The van der Waals surface area contributed by atoms with Crippen LogP contribution in [0.15, 0.2) is 28.8 Å². The van der Waals surface area contributed by atoms with Crippen molar-refractivity contribution < 1.29 is 4.52 Å². The highest BCUT2D eigenvalue weighted by Gasteiger charge is 2.10. The normalized spacial score (nSPS) is 9.93. The summed E-state index contributed by atoms with van der Waals surface area (Å²) >= 11 is 11.7. The van der Waals surface area contributed by atoms with Crippen LogP contribution in [-0.4, -0.2) is 5.16 Å². The van der Waals surface area contributed by atoms with Crippen molar-refractivity contribution in [2.45, 2.75) is 0 Å². The molecule has 0 spiro atoms. The fraction of sp³-hybridized carbons (Fsp3) is 0. The highest BCUT2D eigenvalue weighted by atomic mass is 35.5. The van der Waals surface area contributed by atoms with Crippen molar-refractivity contribution in [2.75, 3.05) is 0 Å². The third-order valence-electron chi connectivity index (χ3n) is 1.82. The molecule has 0 atom stereocenters. The number of hydrogen-bond donors (Lipinski definition) is 0. The first-order chi connectivity index (χ1) is 7.20. The van der Waals surface area contributed by atoms with E-state index in [0.29, 0.717) is 21.4 Å². The van der Waals surface area contributed by atoms with E-state index in [-0.39, 0.29) is 5.69 Å². The van der Waals surface area contributed by atoms with Crippen molar-refractivity contribution in [3.8, 4) is 17.4 Å². The van der Waals surface area contributed by atoms with Gasteiger partial charge in [0.2, 0.25) is 0 Å². The molecule has 0 unspecified atom stereocenters. The van der Waals surface area contributed by atoms with E-state index in [1.165, 1.54) is 6.07 Å². The number of rotatable bonds is 1. The second-order valence-electron chi connectivity index (χ2n) is 2.81. The summed E-state index contributed by atoms with van der Waals surface area (Å²) in [6.07, 6.45) is 0. The maximum atomic E-state index is 8.58. The van der Waals surface area contributed by atoms with Crippen molar-refractivity contribution in [2.24, 2.45) is 0 Å². The fourth-order valence-electron chi connectivity index (χ4n) is 1.14. The van der Waals surface area contributed by atoms with E-state index in [1.54, 1.807) is 18.2 Å². The third kappa shape index (κ3) is 1.96. The Hall–Kier alpha value is -1.50. The predicted molar refractivity (Wildman–Crippen MR) is 56.7 cm³/mol. The molecule has 0 aliphatic heterocycles. The van der Waals surface area contributed by atoms with Crippen LogP contribution in [0.3, 0.4) is 0 Å². The van der Waals surface area contributed by atoms with Gasteiger partial charge in [-0.25, -0.2) is 0 Å². The van der Waals surface area contributed by atoms with Crippen molar-refractivity contribution in [3.63, 3.8) is 0 Å². The largest absolute Gasteiger partial charge is 0.355 e. The molecule has 2 rings (SSSR count). The van der Waals surface area contributed by atoms with Gasteiger partial charge in [0.1, 0.15) is 6.07 Å². The van der Waals surface area contributed by atoms with E-state index >= 15 is 0 Å². The zero-order valence-electron chi connectivity index (χ0n) is 7.37. The maximum absolute atomic E-state index is 8.58. The van der Waals surface area contributed by atoms with Gasteiger partial charge < -0.3 is 4.52 Å². The zero-order chi connectivity index (χ0) is 10.8. The summed E-state index contributed by atoms with van der Waals surface area (Å²) in [6.45, 7) is 0. The highest BCUT2D eigenvalue weighted by molar-refractivity contribution is 6.36. The summed E-state index contributed by atoms with van der Waals surface area (Å²) in [5.41, 5.74) is 0.881. The SMILES string of the molecule is N#Cc1cc(-c2ccc(Cl)cc2Cl)on1. The first-order valence-corrected chi connectivity index (χ1v) is 4.78. The minimum Gasteiger partial charge on any atom is -0.355 e. The van der Waals surface area contributed by atoms with Gasteiger partial charge in [-0.05, 0) is 18.2 Å². The van der Waals surface area contributed by atoms with Crippen LogP contribution < -0.4 is 0 Å². The van der Waals surface area contributed by atoms with Crippen LogP contribution in [0.2, 0.25) is 10.0 Å². The van der Waals surface area contributed by atoms with Crippen molar-refractivity contribution in [3.05, 3.63) is 40.0 Å². The highest BCUT2D eigenvalue weighted by Crippen LogP contribution is 2.30. The molecule has 0 saturated carbocycles. The van der Waals surface area contributed by atoms with Crippen LogP contribution in [0, 0.1) is 11.3 Å². The summed E-state index contributed by atoms with van der Waals surface area (Å²) < 4.78 is 4.96. The van der Waals surface area contributed by atoms with E-state index in [4.69, 9.17) is 33.0 Å². The Kier molecular flexibility index (Phi) is 2.63. The Morgan fingerprint density at radius 1 is 1.27 bits per heavy atom. The summed E-state index contributed by atoms with van der Waals surface area (Å²) in [5, 5.41) is 13.1. The van der Waals surface area contributed by atoms with Gasteiger partial charge in [0.15, 0.2) is 11.5 Å². The van der Waals surface area contributed by atoms with Crippen LogP contribution in [0.25, 0.3) is 11.3 Å². The van der Waals surface area contributed by atoms with Gasteiger partial charge in [0.25, 0.3) is 0 Å². The van der Waals surface area contributed by atoms with Gasteiger partial charge >= 0.3 is 0 Å². The van der Waals surface area contributed by atoms with Gasteiger partial charge in [-0.15, -0.1) is 0 Å². The van der Waals surface area contributed by atoms with Gasteiger partial charge in [-0.1, -0.05) is 28.4 Å². The Labute approximate surface area is 95.8 Å². The van der Waals surface area contributed by atoms with E-state index in [1.807, 2.05) is 6.07 Å². The molecule has 1 aromatic heterocycles. The predicted octanol–water partition coefficient (Wildman–Crippen LogP) is 3.52. The molecule has 0 aliphatic carbocycles. The van der Waals surface area contributed by atoms with E-state index in [0.717, 1.165) is 0 Å². The average molecular weight is 239 g/mol. The molecule has 15 heavy (non-hydrogen) atoms. The monoisotopic (exact) mass is 238 g/mol. The molecular weight excluding hydrogens is 235 g/mol. The number of hydrogen-bond acceptors (Lipinski definition) is 3. The first kappa shape index (κ1) is 10.0. The average Bonchev–Trinajstić information content (AvgIpc) is 2.66. The lowest BCUT2D eigenvalue weighted by Gasteiger charge is -1.98. The summed E-state index contributed by atoms with van der Waals surface area (Å²) in [7, 11) is 0. The molecule has 0 N–H and O–H groups in total. The smallest absolute Gasteiger partial charge is 0.184 e. The molecular formula is C10H4Cl2N2O. The Morgan fingerprint density at radius 3 is 2.67 bits per heavy atom. The van der Waals surface area contributed by atoms with Gasteiger partial charge in [0.05, 0.1) is 5.02 Å². The Morgan fingerprint density at radius 2 is 2.07 bits per heavy atom. The quantitative estimate of drug-likeness (QED) is 0.764. The zero-order valence-corrected chi connectivity index (χ0v) is 8.88. The lowest BCUT2D eigenvalue weighted by atomic mass is 10.1. The molecule has 1 aromatic carbocycles. The molecule has 0 fully saturated rings. The molecule has 0 aliphatic rings. The molecule has 0 bridgehead atoms. The Bertz CT molecular complexity index is 543. The molecule has 5 heteroatoms. The summed E-state index contributed by atoms with van der Waals surface area (Å²) in [5.74, 6) is 0.452. The molecule has 2 aromatic rings. The van der Waals surface area contributed by atoms with E-state index in [2.05, 4.69) is 5.16 Å². The molecule has 74 valence electrons. The lowest BCUT2D eigenvalue weighted by molar-refractivity contribution is 0.430. The van der Waals surface area contributed by atoms with Crippen LogP contribution in [0.1, 0.15) is 5.69 Å². The third-order valence-corrected chi connectivity index (χ3v) is 2.37. The summed E-state index contributed by atoms with van der Waals surface area (Å²) in [6, 6.07) is 8.41. The molecule has 3 nitrogen and oxygen atoms in total. The van der Waals surface area contributed by atoms with Crippen LogP contribution >= 0.6 is 23.2 Å². The fourth-order valence-corrected chi connectivity index (χ4v) is 1.65. The van der Waals surface area contributed by atoms with E-state index in [9.17, 15) is 0 Å². The minimum atomic E-state index is 0.219. The standard InChI is InChI=1S/C10H4Cl2N2O/c11-6-1-2-8(9(12)3-6)10-4-7(5-13)14-15-10/h1-4H. The maximum Gasteiger partial charge on any atom is 0.184 e. The van der Waals surface area contributed by atoms with Crippen LogP contribution in [0.5, 0.6) is 0 Å². The van der Waals surface area contributed by atoms with E-state index < -0.39 is 0 Å². The van der Waals surface area contributed by atoms with Crippen molar-refractivity contribution in [1.29, 1.82) is 5.26 Å².